The lowest BCUT2D eigenvalue weighted by Crippen LogP contribution is -2.15. The molecule has 0 saturated heterocycles. The van der Waals surface area contributed by atoms with Crippen molar-refractivity contribution in [2.24, 2.45) is 5.11 Å². The normalized spacial score (nSPS) is 11.3. The van der Waals surface area contributed by atoms with Gasteiger partial charge in [0.15, 0.2) is 0 Å². The number of carbonyl (C=O) groups is 2. The third kappa shape index (κ3) is 8.07. The van der Waals surface area contributed by atoms with Crippen LogP contribution in [-0.4, -0.2) is 35.0 Å². The fraction of sp³-hybridized carbons (Fsp3) is 0.750. The van der Waals surface area contributed by atoms with Gasteiger partial charge in [0.1, 0.15) is 4.83 Å². The third-order valence-electron chi connectivity index (χ3n) is 1.60. The van der Waals surface area contributed by atoms with E-state index in [4.69, 9.17) is 15.4 Å². The predicted octanol–water partition coefficient (Wildman–Crippen LogP) is 1.86. The third-order valence-corrected chi connectivity index (χ3v) is 2.45. The smallest absolute Gasteiger partial charge is 0.317 e. The summed E-state index contributed by atoms with van der Waals surface area (Å²) in [5.74, 6) is -1.46. The molecule has 0 radical (unpaired) electrons. The molecule has 0 aliphatic carbocycles. The van der Waals surface area contributed by atoms with Crippen LogP contribution in [0.15, 0.2) is 5.11 Å². The molecule has 0 saturated carbocycles. The van der Waals surface area contributed by atoms with E-state index in [9.17, 15) is 9.59 Å². The van der Waals surface area contributed by atoms with E-state index in [0.717, 1.165) is 0 Å². The van der Waals surface area contributed by atoms with Crippen molar-refractivity contribution in [2.45, 2.75) is 24.1 Å². The number of azide groups is 1. The van der Waals surface area contributed by atoms with Crippen LogP contribution >= 0.6 is 15.9 Å². The van der Waals surface area contributed by atoms with Gasteiger partial charge in [0, 0.05) is 17.9 Å². The van der Waals surface area contributed by atoms with Crippen LogP contribution in [0.1, 0.15) is 19.3 Å². The number of rotatable bonds is 8. The van der Waals surface area contributed by atoms with Crippen LogP contribution in [-0.2, 0) is 14.3 Å². The highest BCUT2D eigenvalue weighted by molar-refractivity contribution is 9.10. The van der Waals surface area contributed by atoms with Gasteiger partial charge >= 0.3 is 11.9 Å². The number of nitrogens with zero attached hydrogens (tertiary/aromatic N) is 3. The zero-order chi connectivity index (χ0) is 12.4. The Morgan fingerprint density at radius 2 is 2.25 bits per heavy atom. The van der Waals surface area contributed by atoms with Crippen molar-refractivity contribution < 1.29 is 19.4 Å². The number of ether oxygens (including phenoxy) is 1. The van der Waals surface area contributed by atoms with Crippen molar-refractivity contribution in [2.75, 3.05) is 13.2 Å². The molecule has 0 aliphatic rings. The van der Waals surface area contributed by atoms with Crippen LogP contribution in [0.2, 0.25) is 0 Å². The Hall–Kier alpha value is -1.27. The van der Waals surface area contributed by atoms with Gasteiger partial charge in [0.25, 0.3) is 0 Å². The average Bonchev–Trinajstić information content (AvgIpc) is 2.25. The molecule has 1 N–H and O–H groups in total. The van der Waals surface area contributed by atoms with Crippen molar-refractivity contribution in [1.82, 2.24) is 0 Å². The molecule has 0 heterocycles. The van der Waals surface area contributed by atoms with Crippen molar-refractivity contribution in [3.05, 3.63) is 10.4 Å². The molecule has 16 heavy (non-hydrogen) atoms. The van der Waals surface area contributed by atoms with E-state index >= 15 is 0 Å². The maximum absolute atomic E-state index is 11.1. The van der Waals surface area contributed by atoms with Crippen molar-refractivity contribution in [3.63, 3.8) is 0 Å². The lowest BCUT2D eigenvalue weighted by molar-refractivity contribution is -0.144. The standard InChI is InChI=1S/C8H12BrN3O4/c9-6(8(14)15)2-3-7(13)16-5-1-4-11-12-10/h6H,1-5H2,(H,14,15). The monoisotopic (exact) mass is 293 g/mol. The summed E-state index contributed by atoms with van der Waals surface area (Å²) in [6.45, 7) is 0.456. The van der Waals surface area contributed by atoms with E-state index < -0.39 is 16.8 Å². The van der Waals surface area contributed by atoms with Crippen molar-refractivity contribution in [1.29, 1.82) is 0 Å². The van der Waals surface area contributed by atoms with Crippen LogP contribution in [0.4, 0.5) is 0 Å². The molecular weight excluding hydrogens is 282 g/mol. The first-order valence-electron chi connectivity index (χ1n) is 4.61. The lowest BCUT2D eigenvalue weighted by atomic mass is 10.2. The second-order valence-corrected chi connectivity index (χ2v) is 3.98. The minimum absolute atomic E-state index is 0.0454. The van der Waals surface area contributed by atoms with Gasteiger partial charge in [0.2, 0.25) is 0 Å². The van der Waals surface area contributed by atoms with Gasteiger partial charge in [-0.15, -0.1) is 0 Å². The number of carboxylic acid groups (broad SMARTS) is 1. The Balaban J connectivity index is 3.52. The van der Waals surface area contributed by atoms with Gasteiger partial charge < -0.3 is 9.84 Å². The van der Waals surface area contributed by atoms with Gasteiger partial charge in [-0.25, -0.2) is 0 Å². The van der Waals surface area contributed by atoms with Gasteiger partial charge in [-0.2, -0.15) is 0 Å². The van der Waals surface area contributed by atoms with Gasteiger partial charge in [-0.05, 0) is 18.4 Å². The number of carbonyl (C=O) groups excluding carboxylic acids is 1. The fourth-order valence-electron chi connectivity index (χ4n) is 0.806. The Labute approximate surface area is 101 Å². The first-order chi connectivity index (χ1) is 7.57. The molecule has 0 amide bonds. The zero-order valence-electron chi connectivity index (χ0n) is 8.50. The summed E-state index contributed by atoms with van der Waals surface area (Å²) in [6, 6.07) is 0. The number of halogens is 1. The molecule has 8 heteroatoms. The molecule has 0 aromatic rings. The Kier molecular flexibility index (Phi) is 8.28. The summed E-state index contributed by atoms with van der Waals surface area (Å²) in [5.41, 5.74) is 7.96. The summed E-state index contributed by atoms with van der Waals surface area (Å²) < 4.78 is 4.78. The van der Waals surface area contributed by atoms with E-state index in [1.807, 2.05) is 0 Å². The van der Waals surface area contributed by atoms with Gasteiger partial charge in [-0.1, -0.05) is 21.0 Å². The number of aliphatic carboxylic acids is 1. The second kappa shape index (κ2) is 8.99. The largest absolute Gasteiger partial charge is 0.480 e. The number of esters is 1. The Bertz CT molecular complexity index is 291. The molecule has 0 aromatic heterocycles. The quantitative estimate of drug-likeness (QED) is 0.184. The highest BCUT2D eigenvalue weighted by Gasteiger charge is 2.15. The minimum Gasteiger partial charge on any atom is -0.480 e. The van der Waals surface area contributed by atoms with E-state index in [2.05, 4.69) is 26.0 Å². The zero-order valence-corrected chi connectivity index (χ0v) is 10.1. The summed E-state index contributed by atoms with van der Waals surface area (Å²) in [7, 11) is 0. The highest BCUT2D eigenvalue weighted by Crippen LogP contribution is 2.08. The topological polar surface area (TPSA) is 112 Å². The molecule has 1 atom stereocenters. The van der Waals surface area contributed by atoms with E-state index in [1.165, 1.54) is 0 Å². The SMILES string of the molecule is [N-]=[N+]=NCCCOC(=O)CCC(Br)C(=O)O. The van der Waals surface area contributed by atoms with Crippen LogP contribution in [0, 0.1) is 0 Å². The van der Waals surface area contributed by atoms with E-state index in [-0.39, 0.29) is 26.0 Å². The number of hydrogen-bond donors (Lipinski definition) is 1. The number of carboxylic acids is 1. The molecule has 0 bridgehead atoms. The molecule has 0 fully saturated rings. The molecule has 7 nitrogen and oxygen atoms in total. The maximum Gasteiger partial charge on any atom is 0.317 e. The Morgan fingerprint density at radius 3 is 2.81 bits per heavy atom. The molecule has 0 spiro atoms. The average molecular weight is 294 g/mol. The van der Waals surface area contributed by atoms with Gasteiger partial charge in [-0.3, -0.25) is 9.59 Å². The predicted molar refractivity (Wildman–Crippen MR) is 59.2 cm³/mol. The highest BCUT2D eigenvalue weighted by atomic mass is 79.9. The van der Waals surface area contributed by atoms with E-state index in [0.29, 0.717) is 6.42 Å². The molecule has 0 aliphatic heterocycles. The van der Waals surface area contributed by atoms with Crippen LogP contribution in [0.5, 0.6) is 0 Å². The summed E-state index contributed by atoms with van der Waals surface area (Å²) in [6.07, 6.45) is 0.695. The van der Waals surface area contributed by atoms with Crippen LogP contribution < -0.4 is 0 Å². The molecular formula is C8H12BrN3O4. The molecule has 0 aromatic carbocycles. The molecule has 0 rings (SSSR count). The van der Waals surface area contributed by atoms with Crippen LogP contribution in [0.3, 0.4) is 0 Å². The number of alkyl halides is 1. The number of hydrogen-bond acceptors (Lipinski definition) is 4. The molecule has 90 valence electrons. The first-order valence-corrected chi connectivity index (χ1v) is 5.53. The maximum atomic E-state index is 11.1. The van der Waals surface area contributed by atoms with Crippen molar-refractivity contribution >= 4 is 27.9 Å². The first kappa shape index (κ1) is 14.7. The second-order valence-electron chi connectivity index (χ2n) is 2.87. The fourth-order valence-corrected chi connectivity index (χ4v) is 1.04. The summed E-state index contributed by atoms with van der Waals surface area (Å²) >= 11 is 2.91. The summed E-state index contributed by atoms with van der Waals surface area (Å²) in [4.78, 5) is 23.3. The summed E-state index contributed by atoms with van der Waals surface area (Å²) in [5, 5.41) is 11.8. The van der Waals surface area contributed by atoms with Crippen LogP contribution in [0.25, 0.3) is 10.4 Å². The van der Waals surface area contributed by atoms with E-state index in [1.54, 1.807) is 0 Å². The van der Waals surface area contributed by atoms with Gasteiger partial charge in [0.05, 0.1) is 6.61 Å². The lowest BCUT2D eigenvalue weighted by Gasteiger charge is -2.05. The molecule has 1 unspecified atom stereocenters. The minimum atomic E-state index is -1.00. The van der Waals surface area contributed by atoms with Crippen molar-refractivity contribution in [3.8, 4) is 0 Å². The Morgan fingerprint density at radius 1 is 1.56 bits per heavy atom.